The second-order valence-electron chi connectivity index (χ2n) is 7.53. The van der Waals surface area contributed by atoms with Crippen molar-refractivity contribution in [2.24, 2.45) is 0 Å². The Balaban J connectivity index is 1.64. The molecule has 2 atom stereocenters. The first-order valence-electron chi connectivity index (χ1n) is 8.40. The number of carbonyl (C=O) groups excluding carboxylic acids is 1. The molecule has 0 N–H and O–H groups in total. The van der Waals surface area contributed by atoms with Crippen molar-refractivity contribution in [3.8, 4) is 0 Å². The van der Waals surface area contributed by atoms with Crippen LogP contribution in [0, 0.1) is 0 Å². The van der Waals surface area contributed by atoms with Crippen LogP contribution in [0.5, 0.6) is 0 Å². The average molecular weight is 348 g/mol. The highest BCUT2D eigenvalue weighted by Gasteiger charge is 2.45. The number of imidazole rings is 1. The van der Waals surface area contributed by atoms with Gasteiger partial charge in [-0.05, 0) is 33.1 Å². The van der Waals surface area contributed by atoms with Crippen molar-refractivity contribution in [2.45, 2.75) is 50.6 Å². The Bertz CT molecular complexity index is 801. The van der Waals surface area contributed by atoms with Gasteiger partial charge in [-0.3, -0.25) is 4.40 Å². The molecule has 2 aromatic heterocycles. The maximum Gasteiger partial charge on any atom is 0.320 e. The lowest BCUT2D eigenvalue weighted by Crippen LogP contribution is -2.63. The molecule has 2 unspecified atom stereocenters. The molecule has 2 aliphatic rings. The van der Waals surface area contributed by atoms with Crippen LogP contribution in [0.3, 0.4) is 0 Å². The molecule has 4 rings (SSSR count). The van der Waals surface area contributed by atoms with Crippen molar-refractivity contribution in [3.05, 3.63) is 29.6 Å². The van der Waals surface area contributed by atoms with E-state index in [9.17, 15) is 4.79 Å². The molecule has 0 saturated carbocycles. The second-order valence-corrected chi connectivity index (χ2v) is 7.89. The van der Waals surface area contributed by atoms with E-state index in [2.05, 4.69) is 23.8 Å². The number of aromatic nitrogens is 3. The molecule has 2 saturated heterocycles. The van der Waals surface area contributed by atoms with Crippen molar-refractivity contribution in [1.29, 1.82) is 0 Å². The molecule has 24 heavy (non-hydrogen) atoms. The first-order valence-corrected chi connectivity index (χ1v) is 8.78. The Kier molecular flexibility index (Phi) is 3.49. The molecular formula is C17H22ClN5O. The standard InChI is InChI=1S/C17H22ClN5O/c1-17(2)8-12-5-4-11(10-23(12)16(24)21(17)3)15-20-9-13-14(18)19-6-7-22(13)15/h6-7,9,11-12H,4-5,8,10H2,1-3H3. The van der Waals surface area contributed by atoms with Gasteiger partial charge in [0.25, 0.3) is 0 Å². The Labute approximate surface area is 146 Å². The van der Waals surface area contributed by atoms with E-state index in [0.29, 0.717) is 17.7 Å². The quantitative estimate of drug-likeness (QED) is 0.796. The molecule has 128 valence electrons. The molecule has 4 heterocycles. The van der Waals surface area contributed by atoms with Crippen LogP contribution in [0.25, 0.3) is 5.52 Å². The maximum absolute atomic E-state index is 12.8. The Hall–Kier alpha value is -1.82. The fraction of sp³-hybridized carbons (Fsp3) is 0.588. The van der Waals surface area contributed by atoms with Crippen molar-refractivity contribution in [3.63, 3.8) is 0 Å². The highest BCUT2D eigenvalue weighted by molar-refractivity contribution is 6.32. The monoisotopic (exact) mass is 347 g/mol. The zero-order valence-corrected chi connectivity index (χ0v) is 15.0. The number of urea groups is 1. The van der Waals surface area contributed by atoms with Crippen LogP contribution < -0.4 is 0 Å². The summed E-state index contributed by atoms with van der Waals surface area (Å²) < 4.78 is 2.00. The third kappa shape index (κ3) is 2.27. The van der Waals surface area contributed by atoms with Crippen LogP contribution in [-0.2, 0) is 0 Å². The molecule has 0 aliphatic carbocycles. The number of hydrogen-bond acceptors (Lipinski definition) is 3. The lowest BCUT2D eigenvalue weighted by atomic mass is 9.82. The number of hydrogen-bond donors (Lipinski definition) is 0. The minimum Gasteiger partial charge on any atom is -0.323 e. The molecular weight excluding hydrogens is 326 g/mol. The predicted octanol–water partition coefficient (Wildman–Crippen LogP) is 3.16. The first-order chi connectivity index (χ1) is 11.4. The largest absolute Gasteiger partial charge is 0.323 e. The van der Waals surface area contributed by atoms with E-state index in [4.69, 9.17) is 11.6 Å². The predicted molar refractivity (Wildman–Crippen MR) is 92.3 cm³/mol. The molecule has 2 aliphatic heterocycles. The molecule has 0 bridgehead atoms. The van der Waals surface area contributed by atoms with Crippen LogP contribution in [0.15, 0.2) is 18.6 Å². The highest BCUT2D eigenvalue weighted by atomic mass is 35.5. The number of carbonyl (C=O) groups is 1. The zero-order chi connectivity index (χ0) is 17.1. The third-order valence-electron chi connectivity index (χ3n) is 5.69. The van der Waals surface area contributed by atoms with Gasteiger partial charge in [0.2, 0.25) is 0 Å². The van der Waals surface area contributed by atoms with E-state index in [1.807, 2.05) is 27.4 Å². The first kappa shape index (κ1) is 15.7. The van der Waals surface area contributed by atoms with Crippen LogP contribution in [0.1, 0.15) is 44.9 Å². The topological polar surface area (TPSA) is 53.7 Å². The van der Waals surface area contributed by atoms with Gasteiger partial charge in [0.15, 0.2) is 5.15 Å². The molecule has 2 aromatic rings. The van der Waals surface area contributed by atoms with Crippen molar-refractivity contribution in [2.75, 3.05) is 13.6 Å². The third-order valence-corrected chi connectivity index (χ3v) is 5.98. The molecule has 0 spiro atoms. The normalized spacial score (nSPS) is 26.8. The SMILES string of the molecule is CN1C(=O)N2CC(c3ncc4c(Cl)nccn34)CCC2CC1(C)C. The fourth-order valence-corrected chi connectivity index (χ4v) is 4.26. The lowest BCUT2D eigenvalue weighted by Gasteiger charge is -2.52. The number of piperidine rings is 1. The zero-order valence-electron chi connectivity index (χ0n) is 14.2. The van der Waals surface area contributed by atoms with Gasteiger partial charge in [-0.2, -0.15) is 0 Å². The van der Waals surface area contributed by atoms with Crippen LogP contribution in [0.2, 0.25) is 5.15 Å². The summed E-state index contributed by atoms with van der Waals surface area (Å²) in [7, 11) is 1.90. The highest BCUT2D eigenvalue weighted by Crippen LogP contribution is 2.38. The Morgan fingerprint density at radius 3 is 2.88 bits per heavy atom. The smallest absolute Gasteiger partial charge is 0.320 e. The number of amides is 2. The number of fused-ring (bicyclic) bond motifs is 2. The second kappa shape index (κ2) is 5.34. The Morgan fingerprint density at radius 2 is 2.08 bits per heavy atom. The van der Waals surface area contributed by atoms with Crippen molar-refractivity contribution in [1.82, 2.24) is 24.2 Å². The van der Waals surface area contributed by atoms with Gasteiger partial charge >= 0.3 is 6.03 Å². The van der Waals surface area contributed by atoms with Gasteiger partial charge in [0.1, 0.15) is 11.3 Å². The van der Waals surface area contributed by atoms with E-state index in [0.717, 1.165) is 30.6 Å². The van der Waals surface area contributed by atoms with Gasteiger partial charge in [-0.1, -0.05) is 11.6 Å². The lowest BCUT2D eigenvalue weighted by molar-refractivity contribution is 0.0232. The van der Waals surface area contributed by atoms with Crippen molar-refractivity contribution < 1.29 is 4.79 Å². The number of nitrogens with zero attached hydrogens (tertiary/aromatic N) is 5. The molecule has 0 radical (unpaired) electrons. The average Bonchev–Trinajstić information content (AvgIpc) is 2.98. The van der Waals surface area contributed by atoms with E-state index in [1.165, 1.54) is 0 Å². The van der Waals surface area contributed by atoms with Gasteiger partial charge in [0, 0.05) is 43.5 Å². The summed E-state index contributed by atoms with van der Waals surface area (Å²) >= 11 is 6.15. The van der Waals surface area contributed by atoms with Crippen molar-refractivity contribution >= 4 is 23.1 Å². The van der Waals surface area contributed by atoms with E-state index >= 15 is 0 Å². The summed E-state index contributed by atoms with van der Waals surface area (Å²) in [4.78, 5) is 25.4. The summed E-state index contributed by atoms with van der Waals surface area (Å²) in [6, 6.07) is 0.456. The molecule has 2 amide bonds. The minimum atomic E-state index is -0.0791. The number of halogens is 1. The molecule has 2 fully saturated rings. The minimum absolute atomic E-state index is 0.0791. The van der Waals surface area contributed by atoms with Gasteiger partial charge in [-0.25, -0.2) is 14.8 Å². The van der Waals surface area contributed by atoms with E-state index < -0.39 is 0 Å². The van der Waals surface area contributed by atoms with Gasteiger partial charge in [0.05, 0.1) is 6.20 Å². The maximum atomic E-state index is 12.8. The number of rotatable bonds is 1. The van der Waals surface area contributed by atoms with Crippen LogP contribution in [0.4, 0.5) is 4.79 Å². The summed E-state index contributed by atoms with van der Waals surface area (Å²) in [5.74, 6) is 1.19. The van der Waals surface area contributed by atoms with Gasteiger partial charge in [-0.15, -0.1) is 0 Å². The van der Waals surface area contributed by atoms with E-state index in [-0.39, 0.29) is 17.5 Å². The van der Waals surface area contributed by atoms with Crippen LogP contribution in [-0.4, -0.2) is 55.4 Å². The van der Waals surface area contributed by atoms with Gasteiger partial charge < -0.3 is 9.80 Å². The van der Waals surface area contributed by atoms with Crippen LogP contribution >= 0.6 is 11.6 Å². The van der Waals surface area contributed by atoms with E-state index in [1.54, 1.807) is 12.4 Å². The molecule has 0 aromatic carbocycles. The summed E-state index contributed by atoms with van der Waals surface area (Å²) in [6.45, 7) is 5.00. The fourth-order valence-electron chi connectivity index (χ4n) is 4.07. The Morgan fingerprint density at radius 1 is 1.29 bits per heavy atom. The molecule has 7 heteroatoms. The summed E-state index contributed by atoms with van der Waals surface area (Å²) in [5, 5.41) is 0.459. The molecule has 6 nitrogen and oxygen atoms in total. The summed E-state index contributed by atoms with van der Waals surface area (Å²) in [6.07, 6.45) is 8.41. The summed E-state index contributed by atoms with van der Waals surface area (Å²) in [5.41, 5.74) is 0.740.